The Balaban J connectivity index is 0.930. The summed E-state index contributed by atoms with van der Waals surface area (Å²) < 4.78 is 7.60. The SMILES string of the molecule is CC(C)(C)c1cc(-c2ccccc2)c(N2c3cc(-n4c5ccccc5c5cc(-n6c7ccccc7c7ccccc76)ccc54)ccc3B3c4ccc(-c5ccccc5)cc4N(c4cc(-c5ccccc5)cc(-c5ccccc5)c4)c4cc(-n5c6ccc(C(C)(C)C)cc6c6cc(C(C)(C)C)ccc65)cc2c43)c(-c2ccccc2)c1. The molecule has 0 aliphatic carbocycles. The molecule has 16 aromatic carbocycles. The predicted molar refractivity (Wildman–Crippen MR) is 487 cm³/mol. The number of hydrogen-bond acceptors (Lipinski definition) is 2. The van der Waals surface area contributed by atoms with E-state index in [0.29, 0.717) is 0 Å². The van der Waals surface area contributed by atoms with Crippen molar-refractivity contribution in [2.24, 2.45) is 0 Å². The van der Waals surface area contributed by atoms with Gasteiger partial charge >= 0.3 is 0 Å². The predicted octanol–water partition coefficient (Wildman–Crippen LogP) is 27.3. The van der Waals surface area contributed by atoms with Crippen LogP contribution in [0.5, 0.6) is 0 Å². The van der Waals surface area contributed by atoms with Crippen molar-refractivity contribution < 1.29 is 0 Å². The number of hydrogen-bond donors (Lipinski definition) is 0. The second-order valence-electron chi connectivity index (χ2n) is 34.5. The van der Waals surface area contributed by atoms with Gasteiger partial charge in [-0.15, -0.1) is 0 Å². The van der Waals surface area contributed by atoms with Crippen LogP contribution in [0.4, 0.5) is 34.1 Å². The minimum Gasteiger partial charge on any atom is -0.311 e. The Bertz CT molecular complexity index is 6840. The van der Waals surface area contributed by atoms with E-state index in [2.05, 4.69) is 444 Å². The van der Waals surface area contributed by atoms with Gasteiger partial charge in [0.25, 0.3) is 6.71 Å². The summed E-state index contributed by atoms with van der Waals surface area (Å²) in [4.78, 5) is 5.40. The normalized spacial score (nSPS) is 12.9. The molecule has 0 fully saturated rings. The van der Waals surface area contributed by atoms with E-state index in [1.54, 1.807) is 0 Å². The van der Waals surface area contributed by atoms with Gasteiger partial charge in [0.05, 0.1) is 44.5 Å². The Labute approximate surface area is 667 Å². The van der Waals surface area contributed by atoms with Crippen LogP contribution >= 0.6 is 0 Å². The highest BCUT2D eigenvalue weighted by molar-refractivity contribution is 7.00. The van der Waals surface area contributed by atoms with E-state index >= 15 is 0 Å². The second-order valence-corrected chi connectivity index (χ2v) is 34.5. The van der Waals surface area contributed by atoms with Crippen LogP contribution in [0.2, 0.25) is 0 Å². The Hall–Kier alpha value is -13.4. The lowest BCUT2D eigenvalue weighted by atomic mass is 9.33. The number of fused-ring (bicyclic) bond motifs is 13. The third kappa shape index (κ3) is 11.1. The molecule has 2 aliphatic heterocycles. The summed E-state index contributed by atoms with van der Waals surface area (Å²) in [5, 5.41) is 7.34. The van der Waals surface area contributed by atoms with Gasteiger partial charge in [-0.25, -0.2) is 0 Å². The molecule has 5 nitrogen and oxygen atoms in total. The largest absolute Gasteiger partial charge is 0.311 e. The molecule has 0 saturated carbocycles. The minimum atomic E-state index is -0.269. The van der Waals surface area contributed by atoms with Crippen LogP contribution in [-0.2, 0) is 16.2 Å². The number of benzene rings is 16. The van der Waals surface area contributed by atoms with Gasteiger partial charge in [-0.1, -0.05) is 299 Å². The standard InChI is InChI=1S/C108H86BN5/c1-106(2,3)77-48-54-97-89(61-77)90-62-78(107(4,5)6)49-55-98(90)112(97)83-67-102-104-103(68-83)114(105-87(72-37-21-13-22-38-72)63-79(108(7,8)9)64-88(105)73-39-23-14-24-40-73)101-66-81(111-96-46-30-27-43-86(96)91-65-80(51-56-99(91)111)110-94-44-28-25-41-84(94)85-42-26-29-45-95(85)110)50-53-93(101)109(104)92-52-47-74(69-31-15-10-16-32-69)60-100(92)113(102)82-58-75(70-33-17-11-18-34-70)57-76(59-82)71-35-19-12-20-36-71/h10-68H,1-9H3. The summed E-state index contributed by atoms with van der Waals surface area (Å²) >= 11 is 0. The van der Waals surface area contributed by atoms with E-state index in [1.807, 2.05) is 0 Å². The van der Waals surface area contributed by atoms with Gasteiger partial charge in [0.1, 0.15) is 0 Å². The van der Waals surface area contributed by atoms with Crippen LogP contribution in [-0.4, -0.2) is 20.4 Å². The maximum atomic E-state index is 2.74. The third-order valence-corrected chi connectivity index (χ3v) is 24.4. The zero-order valence-corrected chi connectivity index (χ0v) is 65.9. The molecule has 0 atom stereocenters. The van der Waals surface area contributed by atoms with Gasteiger partial charge in [-0.05, 0) is 215 Å². The van der Waals surface area contributed by atoms with Crippen molar-refractivity contribution in [1.82, 2.24) is 13.7 Å². The maximum Gasteiger partial charge on any atom is 0.252 e. The van der Waals surface area contributed by atoms with Crippen molar-refractivity contribution >= 4 is 123 Å². The second kappa shape index (κ2) is 26.1. The van der Waals surface area contributed by atoms with Crippen LogP contribution in [0.1, 0.15) is 79.0 Å². The van der Waals surface area contributed by atoms with E-state index in [4.69, 9.17) is 0 Å². The zero-order valence-electron chi connectivity index (χ0n) is 65.9. The molecule has 2 aliphatic rings. The van der Waals surface area contributed by atoms with E-state index < -0.39 is 0 Å². The van der Waals surface area contributed by atoms with Crippen molar-refractivity contribution in [3.8, 4) is 72.7 Å². The Morgan fingerprint density at radius 3 is 1.04 bits per heavy atom. The average molecular weight is 1460 g/mol. The van der Waals surface area contributed by atoms with Gasteiger partial charge < -0.3 is 23.5 Å². The van der Waals surface area contributed by atoms with Crippen LogP contribution in [0.15, 0.2) is 358 Å². The van der Waals surface area contributed by atoms with Crippen LogP contribution < -0.4 is 26.2 Å². The van der Waals surface area contributed by atoms with Gasteiger partial charge in [-0.2, -0.15) is 0 Å². The smallest absolute Gasteiger partial charge is 0.252 e. The number of nitrogens with zero attached hydrogens (tertiary/aromatic N) is 5. The lowest BCUT2D eigenvalue weighted by Crippen LogP contribution is -2.61. The minimum absolute atomic E-state index is 0.105. The van der Waals surface area contributed by atoms with E-state index in [0.717, 1.165) is 129 Å². The monoisotopic (exact) mass is 1460 g/mol. The molecule has 0 bridgehead atoms. The lowest BCUT2D eigenvalue weighted by Gasteiger charge is -2.45. The summed E-state index contributed by atoms with van der Waals surface area (Å²) in [5.41, 5.74) is 35.4. The summed E-state index contributed by atoms with van der Waals surface area (Å²) in [6, 6.07) is 136. The molecule has 3 aromatic heterocycles. The molecular formula is C108H86BN5. The number of anilines is 6. The Morgan fingerprint density at radius 2 is 0.561 bits per heavy atom. The molecule has 6 heteroatoms. The highest BCUT2D eigenvalue weighted by Gasteiger charge is 2.46. The van der Waals surface area contributed by atoms with Crippen molar-refractivity contribution in [1.29, 1.82) is 0 Å². The highest BCUT2D eigenvalue weighted by atomic mass is 15.2. The summed E-state index contributed by atoms with van der Waals surface area (Å²) in [5.74, 6) is 0. The zero-order chi connectivity index (χ0) is 77.0. The fourth-order valence-electron chi connectivity index (χ4n) is 18.7. The first-order chi connectivity index (χ1) is 55.4. The van der Waals surface area contributed by atoms with E-state index in [9.17, 15) is 0 Å². The van der Waals surface area contributed by atoms with Gasteiger partial charge in [0, 0.05) is 83.3 Å². The van der Waals surface area contributed by atoms with Crippen LogP contribution in [0.3, 0.4) is 0 Å². The topological polar surface area (TPSA) is 21.3 Å². The summed E-state index contributed by atoms with van der Waals surface area (Å²) in [6.45, 7) is 20.9. The molecular weight excluding hydrogens is 1380 g/mol. The van der Waals surface area contributed by atoms with Crippen molar-refractivity contribution in [3.05, 3.63) is 375 Å². The van der Waals surface area contributed by atoms with Crippen LogP contribution in [0, 0.1) is 0 Å². The molecule has 114 heavy (non-hydrogen) atoms. The molecule has 0 N–H and O–H groups in total. The number of aromatic nitrogens is 3. The molecule has 0 spiro atoms. The van der Waals surface area contributed by atoms with Gasteiger partial charge in [0.15, 0.2) is 0 Å². The first-order valence-electron chi connectivity index (χ1n) is 40.2. The first kappa shape index (κ1) is 68.6. The summed E-state index contributed by atoms with van der Waals surface area (Å²) in [6.07, 6.45) is 0. The fraction of sp³-hybridized carbons (Fsp3) is 0.111. The van der Waals surface area contributed by atoms with Crippen LogP contribution in [0.25, 0.3) is 138 Å². The molecule has 0 radical (unpaired) electrons. The molecule has 19 aromatic rings. The molecule has 5 heterocycles. The van der Waals surface area contributed by atoms with E-state index in [1.165, 1.54) is 76.4 Å². The maximum absolute atomic E-state index is 2.74. The van der Waals surface area contributed by atoms with Crippen molar-refractivity contribution in [2.75, 3.05) is 9.80 Å². The first-order valence-corrected chi connectivity index (χ1v) is 40.2. The molecule has 0 saturated heterocycles. The summed E-state index contributed by atoms with van der Waals surface area (Å²) in [7, 11) is 0. The quantitative estimate of drug-likeness (QED) is 0.127. The molecule has 21 rings (SSSR count). The average Bonchev–Trinajstić information content (AvgIpc) is 0.754. The molecule has 0 unspecified atom stereocenters. The van der Waals surface area contributed by atoms with Crippen molar-refractivity contribution in [2.45, 2.75) is 78.6 Å². The third-order valence-electron chi connectivity index (χ3n) is 24.4. The number of para-hydroxylation sites is 3. The van der Waals surface area contributed by atoms with Crippen molar-refractivity contribution in [3.63, 3.8) is 0 Å². The molecule has 546 valence electrons. The lowest BCUT2D eigenvalue weighted by molar-refractivity contribution is 0.590. The Kier molecular flexibility index (Phi) is 15.7. The Morgan fingerprint density at radius 1 is 0.211 bits per heavy atom. The number of rotatable bonds is 10. The fourth-order valence-corrected chi connectivity index (χ4v) is 18.7. The van der Waals surface area contributed by atoms with Gasteiger partial charge in [-0.3, -0.25) is 0 Å². The highest BCUT2D eigenvalue weighted by Crippen LogP contribution is 2.54. The molecule has 0 amide bonds. The van der Waals surface area contributed by atoms with Gasteiger partial charge in [0.2, 0.25) is 0 Å². The van der Waals surface area contributed by atoms with E-state index in [-0.39, 0.29) is 23.0 Å².